The van der Waals surface area contributed by atoms with Crippen LogP contribution in [-0.4, -0.2) is 42.9 Å². The highest BCUT2D eigenvalue weighted by atomic mass is 19.1. The number of nitrogens with zero attached hydrogens (tertiary/aromatic N) is 3. The summed E-state index contributed by atoms with van der Waals surface area (Å²) in [6, 6.07) is -3.29. The summed E-state index contributed by atoms with van der Waals surface area (Å²) < 4.78 is 103. The molecule has 2 aromatic carbocycles. The minimum absolute atomic E-state index is 0.0326. The van der Waals surface area contributed by atoms with E-state index in [1.165, 1.54) is 21.0 Å². The summed E-state index contributed by atoms with van der Waals surface area (Å²) in [4.78, 5) is 18.2. The van der Waals surface area contributed by atoms with Crippen LogP contribution in [0, 0.1) is 24.1 Å². The highest BCUT2D eigenvalue weighted by Gasteiger charge is 2.16. The highest BCUT2D eigenvalue weighted by molar-refractivity contribution is 5.98. The lowest BCUT2D eigenvalue weighted by atomic mass is 10.0. The van der Waals surface area contributed by atoms with Crippen LogP contribution in [0.1, 0.15) is 37.3 Å². The normalized spacial score (nSPS) is 16.5. The number of hydrogen-bond donors (Lipinski definition) is 1. The number of carbonyl (C=O) groups is 1. The molecule has 0 radical (unpaired) electrons. The van der Waals surface area contributed by atoms with Gasteiger partial charge in [0.2, 0.25) is 0 Å². The van der Waals surface area contributed by atoms with E-state index in [-0.39, 0.29) is 40.1 Å². The number of likely N-dealkylation sites (N-methyl/N-ethyl adjacent to an activating group) is 1. The number of hydrogen-bond acceptors (Lipinski definition) is 6. The van der Waals surface area contributed by atoms with Crippen molar-refractivity contribution >= 4 is 28.1 Å². The Morgan fingerprint density at radius 2 is 2.21 bits per heavy atom. The summed E-state index contributed by atoms with van der Waals surface area (Å²) in [5, 5.41) is 12.2. The van der Waals surface area contributed by atoms with Crippen molar-refractivity contribution in [3.8, 4) is 11.8 Å². The van der Waals surface area contributed by atoms with E-state index < -0.39 is 84.3 Å². The molecule has 3 rings (SSSR count). The van der Waals surface area contributed by atoms with E-state index >= 15 is 0 Å². The molecule has 7 heteroatoms. The summed E-state index contributed by atoms with van der Waals surface area (Å²) in [5.74, 6) is -2.46. The smallest absolute Gasteiger partial charge is 0.159 e. The maximum Gasteiger partial charge on any atom is 0.159 e. The van der Waals surface area contributed by atoms with E-state index in [1.807, 2.05) is 0 Å². The molecule has 0 spiro atoms. The third kappa shape index (κ3) is 5.93. The summed E-state index contributed by atoms with van der Waals surface area (Å²) in [7, 11) is 2.64. The molecule has 0 fully saturated rings. The number of allylic oxidation sites excluding steroid dienone is 1. The number of benzene rings is 2. The van der Waals surface area contributed by atoms with E-state index in [0.29, 0.717) is 0 Å². The Bertz CT molecular complexity index is 1710. The van der Waals surface area contributed by atoms with Gasteiger partial charge in [0.05, 0.1) is 34.3 Å². The monoisotopic (exact) mass is 456 g/mol. The summed E-state index contributed by atoms with van der Waals surface area (Å²) in [6.45, 7) is 0.281. The van der Waals surface area contributed by atoms with E-state index in [4.69, 9.17) is 18.4 Å². The third-order valence-corrected chi connectivity index (χ3v) is 4.21. The fourth-order valence-corrected chi connectivity index (χ4v) is 2.75. The van der Waals surface area contributed by atoms with E-state index in [0.717, 1.165) is 4.90 Å². The van der Waals surface area contributed by atoms with E-state index in [1.54, 1.807) is 13.0 Å². The van der Waals surface area contributed by atoms with Crippen molar-refractivity contribution in [1.82, 2.24) is 9.88 Å². The molecule has 0 aliphatic rings. The number of pyridine rings is 1. The van der Waals surface area contributed by atoms with Gasteiger partial charge >= 0.3 is 0 Å². The van der Waals surface area contributed by atoms with Gasteiger partial charge in [-0.25, -0.2) is 4.39 Å². The quantitative estimate of drug-likeness (QED) is 0.460. The molecule has 1 heterocycles. The third-order valence-electron chi connectivity index (χ3n) is 4.21. The number of fused-ring (bicyclic) bond motifs is 1. The van der Waals surface area contributed by atoms with Gasteiger partial charge < -0.3 is 15.0 Å². The number of ether oxygens (including phenoxy) is 1. The van der Waals surface area contributed by atoms with Gasteiger partial charge in [0.25, 0.3) is 0 Å². The topological polar surface area (TPSA) is 78.2 Å². The largest absolute Gasteiger partial charge is 0.494 e. The first-order valence-electron chi connectivity index (χ1n) is 14.8. The van der Waals surface area contributed by atoms with Crippen LogP contribution in [0.25, 0.3) is 10.9 Å². The van der Waals surface area contributed by atoms with Crippen LogP contribution in [-0.2, 0) is 11.2 Å². The number of ketones is 1. The van der Waals surface area contributed by atoms with Gasteiger partial charge in [-0.2, -0.15) is 5.26 Å². The van der Waals surface area contributed by atoms with Crippen LogP contribution in [0.15, 0.2) is 48.5 Å². The second kappa shape index (κ2) is 10.7. The lowest BCUT2D eigenvalue weighted by Gasteiger charge is -2.15. The van der Waals surface area contributed by atoms with Crippen LogP contribution in [0.4, 0.5) is 15.8 Å². The molecule has 0 saturated heterocycles. The molecule has 1 aromatic heterocycles. The standard InChI is InChI=1S/C26H27FN4O2/c1-5-33-25-14-24-22(13-18(25)12-21(32)7-6-10-31(3)4)26(19(15-28)16-29-24)30-20-8-9-23(27)17(2)11-20/h6-9,11,13-14,16H,5,10,12H2,1-4H3,(H,29,30)/b7-6+/i6D,7D,8D,9D,10D2,11D,13D,14D,16D. The van der Waals surface area contributed by atoms with Crippen LogP contribution in [0.2, 0.25) is 0 Å². The molecule has 33 heavy (non-hydrogen) atoms. The predicted octanol–water partition coefficient (Wildman–Crippen LogP) is 4.93. The molecule has 3 aromatic rings. The Hall–Kier alpha value is -3.76. The second-order valence-electron chi connectivity index (χ2n) is 6.97. The minimum Gasteiger partial charge on any atom is -0.494 e. The van der Waals surface area contributed by atoms with Crippen molar-refractivity contribution in [3.05, 3.63) is 71.0 Å². The van der Waals surface area contributed by atoms with Crippen molar-refractivity contribution in [3.63, 3.8) is 0 Å². The van der Waals surface area contributed by atoms with Gasteiger partial charge in [0, 0.05) is 44.5 Å². The van der Waals surface area contributed by atoms with Crippen molar-refractivity contribution in [2.75, 3.05) is 32.5 Å². The van der Waals surface area contributed by atoms with Gasteiger partial charge in [-0.1, -0.05) is 6.05 Å². The van der Waals surface area contributed by atoms with Crippen molar-refractivity contribution in [2.45, 2.75) is 20.3 Å². The lowest BCUT2D eigenvalue weighted by molar-refractivity contribution is -0.114. The Labute approximate surface area is 207 Å². The lowest BCUT2D eigenvalue weighted by Crippen LogP contribution is -2.11. The average molecular weight is 457 g/mol. The molecule has 0 amide bonds. The number of aromatic nitrogens is 1. The SMILES string of the molecule is [2H]/C(C(=O)Cc1c(OCC)c([2H])c2nc([2H])c(C#N)c(Nc3c([2H])c([2H])c(F)c(C)c3[2H])c2c1[2H])=C(/[2H])C([2H])([2H])N(C)C. The van der Waals surface area contributed by atoms with Gasteiger partial charge in [-0.15, -0.1) is 0 Å². The highest BCUT2D eigenvalue weighted by Crippen LogP contribution is 2.34. The number of nitrogens with one attached hydrogen (secondary N) is 1. The van der Waals surface area contributed by atoms with Crippen molar-refractivity contribution < 1.29 is 27.6 Å². The average Bonchev–Trinajstić information content (AvgIpc) is 2.96. The van der Waals surface area contributed by atoms with Crippen LogP contribution in [0.5, 0.6) is 5.75 Å². The molecule has 0 atom stereocenters. The first-order chi connectivity index (χ1) is 19.9. The first kappa shape index (κ1) is 13.7. The molecule has 170 valence electrons. The molecule has 0 bridgehead atoms. The molecule has 0 saturated carbocycles. The van der Waals surface area contributed by atoms with Crippen LogP contribution < -0.4 is 10.1 Å². The summed E-state index contributed by atoms with van der Waals surface area (Å²) in [5.41, 5.74) is -2.08. The number of halogens is 1. The molecule has 0 aliphatic heterocycles. The molecular weight excluding hydrogens is 419 g/mol. The maximum atomic E-state index is 14.4. The zero-order valence-corrected chi connectivity index (χ0v) is 18.5. The zero-order valence-electron chi connectivity index (χ0n) is 28.5. The number of anilines is 2. The number of nitriles is 1. The van der Waals surface area contributed by atoms with Gasteiger partial charge in [0.1, 0.15) is 17.6 Å². The second-order valence-corrected chi connectivity index (χ2v) is 6.97. The van der Waals surface area contributed by atoms with Gasteiger partial charge in [-0.05, 0) is 63.7 Å². The Morgan fingerprint density at radius 3 is 2.91 bits per heavy atom. The fraction of sp³-hybridized carbons (Fsp3) is 0.269. The molecule has 0 aliphatic carbocycles. The summed E-state index contributed by atoms with van der Waals surface area (Å²) >= 11 is 0. The number of carbonyl (C=O) groups excluding carboxylic acids is 1. The zero-order chi connectivity index (χ0) is 32.7. The molecule has 1 N–H and O–H groups in total. The Kier molecular flexibility index (Phi) is 4.45. The Morgan fingerprint density at radius 1 is 1.42 bits per heavy atom. The van der Waals surface area contributed by atoms with E-state index in [9.17, 15) is 14.4 Å². The van der Waals surface area contributed by atoms with Crippen LogP contribution >= 0.6 is 0 Å². The Balaban J connectivity index is 2.41. The fourth-order valence-electron chi connectivity index (χ4n) is 2.75. The predicted molar refractivity (Wildman–Crippen MR) is 128 cm³/mol. The van der Waals surface area contributed by atoms with Gasteiger partial charge in [-0.3, -0.25) is 9.78 Å². The van der Waals surface area contributed by atoms with Crippen molar-refractivity contribution in [1.29, 1.82) is 5.26 Å². The minimum atomic E-state index is -2.47. The van der Waals surface area contributed by atoms with Gasteiger partial charge in [0.15, 0.2) is 5.78 Å². The molecule has 0 unspecified atom stereocenters. The van der Waals surface area contributed by atoms with Crippen LogP contribution in [0.3, 0.4) is 0 Å². The van der Waals surface area contributed by atoms with E-state index in [2.05, 4.69) is 10.3 Å². The number of rotatable bonds is 9. The van der Waals surface area contributed by atoms with Crippen molar-refractivity contribution in [2.24, 2.45) is 0 Å². The maximum absolute atomic E-state index is 14.4. The summed E-state index contributed by atoms with van der Waals surface area (Å²) in [6.07, 6.45) is -1.43. The first-order valence-corrected chi connectivity index (χ1v) is 9.84. The molecule has 6 nitrogen and oxygen atoms in total. The molecular formula is C26H27FN4O2.